The van der Waals surface area contributed by atoms with Crippen LogP contribution in [0.5, 0.6) is 0 Å². The quantitative estimate of drug-likeness (QED) is 0.837. The number of nitrogen functional groups attached to an aromatic ring is 1. The third-order valence-corrected chi connectivity index (χ3v) is 3.68. The Bertz CT molecular complexity index is 556. The normalized spacial score (nSPS) is 16.4. The summed E-state index contributed by atoms with van der Waals surface area (Å²) in [6, 6.07) is 11.8. The van der Waals surface area contributed by atoms with Crippen molar-refractivity contribution in [1.82, 2.24) is 15.1 Å². The first-order valence-corrected chi connectivity index (χ1v) is 6.85. The van der Waals surface area contributed by atoms with Crippen LogP contribution < -0.4 is 10.6 Å². The molecular formula is C15H19N5. The summed E-state index contributed by atoms with van der Waals surface area (Å²) >= 11 is 0. The van der Waals surface area contributed by atoms with E-state index in [1.165, 1.54) is 0 Å². The highest BCUT2D eigenvalue weighted by molar-refractivity contribution is 5.62. The smallest absolute Gasteiger partial charge is 0.151 e. The topological polar surface area (TPSA) is 58.3 Å². The van der Waals surface area contributed by atoms with Gasteiger partial charge in [-0.1, -0.05) is 12.1 Å². The maximum absolute atomic E-state index is 5.69. The minimum atomic E-state index is 0.760. The summed E-state index contributed by atoms with van der Waals surface area (Å²) in [6.45, 7) is 4.15. The van der Waals surface area contributed by atoms with Gasteiger partial charge in [0.1, 0.15) is 0 Å². The largest absolute Gasteiger partial charge is 0.399 e. The van der Waals surface area contributed by atoms with Crippen LogP contribution in [0.3, 0.4) is 0 Å². The van der Waals surface area contributed by atoms with E-state index in [0.717, 1.165) is 48.9 Å². The lowest BCUT2D eigenvalue weighted by molar-refractivity contribution is 0.312. The molecule has 1 fully saturated rings. The molecule has 2 aromatic rings. The van der Waals surface area contributed by atoms with E-state index in [1.807, 2.05) is 36.4 Å². The molecule has 5 nitrogen and oxygen atoms in total. The van der Waals surface area contributed by atoms with E-state index in [9.17, 15) is 0 Å². The molecule has 1 saturated heterocycles. The summed E-state index contributed by atoms with van der Waals surface area (Å²) in [4.78, 5) is 4.60. The molecule has 0 amide bonds. The minimum absolute atomic E-state index is 0.760. The SMILES string of the molecule is CN1CCN(c2ccc(-c3ccc(N)cc3)nn2)CC1. The van der Waals surface area contributed by atoms with Gasteiger partial charge < -0.3 is 15.5 Å². The predicted octanol–water partition coefficient (Wildman–Crippen LogP) is 1.48. The number of hydrogen-bond donors (Lipinski definition) is 1. The molecule has 0 spiro atoms. The Morgan fingerprint density at radius 3 is 2.20 bits per heavy atom. The molecule has 1 aliphatic rings. The fourth-order valence-corrected chi connectivity index (χ4v) is 2.34. The number of piperazine rings is 1. The van der Waals surface area contributed by atoms with Gasteiger partial charge in [-0.2, -0.15) is 0 Å². The minimum Gasteiger partial charge on any atom is -0.399 e. The lowest BCUT2D eigenvalue weighted by Gasteiger charge is -2.32. The van der Waals surface area contributed by atoms with Gasteiger partial charge in [-0.05, 0) is 31.3 Å². The Labute approximate surface area is 119 Å². The molecule has 104 valence electrons. The van der Waals surface area contributed by atoms with Crippen molar-refractivity contribution in [2.24, 2.45) is 0 Å². The summed E-state index contributed by atoms with van der Waals surface area (Å²) < 4.78 is 0. The van der Waals surface area contributed by atoms with E-state index in [2.05, 4.69) is 27.0 Å². The Hall–Kier alpha value is -2.14. The van der Waals surface area contributed by atoms with Crippen molar-refractivity contribution in [3.8, 4) is 11.3 Å². The van der Waals surface area contributed by atoms with Crippen LogP contribution in [0.2, 0.25) is 0 Å². The molecule has 0 unspecified atom stereocenters. The zero-order valence-corrected chi connectivity index (χ0v) is 11.7. The summed E-state index contributed by atoms with van der Waals surface area (Å²) in [7, 11) is 2.15. The summed E-state index contributed by atoms with van der Waals surface area (Å²) in [5.41, 5.74) is 8.37. The van der Waals surface area contributed by atoms with E-state index in [0.29, 0.717) is 0 Å². The number of hydrogen-bond acceptors (Lipinski definition) is 5. The number of likely N-dealkylation sites (N-methyl/N-ethyl adjacent to an activating group) is 1. The fraction of sp³-hybridized carbons (Fsp3) is 0.333. The first-order valence-electron chi connectivity index (χ1n) is 6.85. The Kier molecular flexibility index (Phi) is 3.52. The van der Waals surface area contributed by atoms with Gasteiger partial charge in [-0.3, -0.25) is 0 Å². The van der Waals surface area contributed by atoms with Crippen LogP contribution in [0, 0.1) is 0 Å². The molecule has 1 aromatic carbocycles. The monoisotopic (exact) mass is 269 g/mol. The maximum atomic E-state index is 5.69. The molecule has 1 aromatic heterocycles. The van der Waals surface area contributed by atoms with Gasteiger partial charge in [0, 0.05) is 37.4 Å². The van der Waals surface area contributed by atoms with Gasteiger partial charge in [0.15, 0.2) is 5.82 Å². The lowest BCUT2D eigenvalue weighted by atomic mass is 10.1. The molecule has 0 aliphatic carbocycles. The average molecular weight is 269 g/mol. The second-order valence-corrected chi connectivity index (χ2v) is 5.19. The molecule has 20 heavy (non-hydrogen) atoms. The Morgan fingerprint density at radius 2 is 1.60 bits per heavy atom. The fourth-order valence-electron chi connectivity index (χ4n) is 2.34. The van der Waals surface area contributed by atoms with E-state index in [-0.39, 0.29) is 0 Å². The summed E-state index contributed by atoms with van der Waals surface area (Å²) in [5.74, 6) is 0.956. The van der Waals surface area contributed by atoms with Crippen LogP contribution in [-0.2, 0) is 0 Å². The van der Waals surface area contributed by atoms with Crippen LogP contribution in [0.1, 0.15) is 0 Å². The van der Waals surface area contributed by atoms with Crippen molar-refractivity contribution in [3.63, 3.8) is 0 Å². The molecule has 2 heterocycles. The van der Waals surface area contributed by atoms with E-state index < -0.39 is 0 Å². The summed E-state index contributed by atoms with van der Waals surface area (Å²) in [5, 5.41) is 8.68. The second kappa shape index (κ2) is 5.46. The molecule has 1 aliphatic heterocycles. The predicted molar refractivity (Wildman–Crippen MR) is 81.6 cm³/mol. The molecular weight excluding hydrogens is 250 g/mol. The van der Waals surface area contributed by atoms with Crippen LogP contribution in [-0.4, -0.2) is 48.3 Å². The van der Waals surface area contributed by atoms with Gasteiger partial charge in [0.2, 0.25) is 0 Å². The number of rotatable bonds is 2. The average Bonchev–Trinajstić information content (AvgIpc) is 2.49. The van der Waals surface area contributed by atoms with E-state index in [4.69, 9.17) is 5.73 Å². The molecule has 0 atom stereocenters. The van der Waals surface area contributed by atoms with Crippen molar-refractivity contribution in [2.45, 2.75) is 0 Å². The first kappa shape index (κ1) is 12.9. The molecule has 2 N–H and O–H groups in total. The molecule has 0 saturated carbocycles. The zero-order chi connectivity index (χ0) is 13.9. The Morgan fingerprint density at radius 1 is 0.900 bits per heavy atom. The van der Waals surface area contributed by atoms with Crippen LogP contribution in [0.25, 0.3) is 11.3 Å². The Balaban J connectivity index is 1.76. The van der Waals surface area contributed by atoms with Gasteiger partial charge in [0.05, 0.1) is 5.69 Å². The van der Waals surface area contributed by atoms with Crippen molar-refractivity contribution >= 4 is 11.5 Å². The van der Waals surface area contributed by atoms with Gasteiger partial charge in [-0.25, -0.2) is 0 Å². The molecule has 0 radical (unpaired) electrons. The third-order valence-electron chi connectivity index (χ3n) is 3.68. The van der Waals surface area contributed by atoms with Gasteiger partial charge in [0.25, 0.3) is 0 Å². The van der Waals surface area contributed by atoms with Crippen LogP contribution in [0.15, 0.2) is 36.4 Å². The second-order valence-electron chi connectivity index (χ2n) is 5.19. The third kappa shape index (κ3) is 2.72. The highest BCUT2D eigenvalue weighted by Crippen LogP contribution is 2.20. The van der Waals surface area contributed by atoms with Gasteiger partial charge in [-0.15, -0.1) is 10.2 Å². The standard InChI is InChI=1S/C15H19N5/c1-19-8-10-20(11-9-19)15-7-6-14(17-18-15)12-2-4-13(16)5-3-12/h2-7H,8-11,16H2,1H3. The van der Waals surface area contributed by atoms with Crippen LogP contribution >= 0.6 is 0 Å². The zero-order valence-electron chi connectivity index (χ0n) is 11.7. The van der Waals surface area contributed by atoms with Crippen molar-refractivity contribution in [3.05, 3.63) is 36.4 Å². The molecule has 0 bridgehead atoms. The lowest BCUT2D eigenvalue weighted by Crippen LogP contribution is -2.44. The molecule has 3 rings (SSSR count). The number of anilines is 2. The van der Waals surface area contributed by atoms with E-state index >= 15 is 0 Å². The highest BCUT2D eigenvalue weighted by Gasteiger charge is 2.15. The number of benzene rings is 1. The number of nitrogens with zero attached hydrogens (tertiary/aromatic N) is 4. The summed E-state index contributed by atoms with van der Waals surface area (Å²) in [6.07, 6.45) is 0. The number of nitrogens with two attached hydrogens (primary N) is 1. The van der Waals surface area contributed by atoms with E-state index in [1.54, 1.807) is 0 Å². The number of aromatic nitrogens is 2. The first-order chi connectivity index (χ1) is 9.72. The highest BCUT2D eigenvalue weighted by atomic mass is 15.3. The van der Waals surface area contributed by atoms with Crippen LogP contribution in [0.4, 0.5) is 11.5 Å². The van der Waals surface area contributed by atoms with Crippen molar-refractivity contribution < 1.29 is 0 Å². The molecule has 5 heteroatoms. The van der Waals surface area contributed by atoms with Gasteiger partial charge >= 0.3 is 0 Å². The maximum Gasteiger partial charge on any atom is 0.151 e. The van der Waals surface area contributed by atoms with Crippen molar-refractivity contribution in [2.75, 3.05) is 43.9 Å². The van der Waals surface area contributed by atoms with Crippen molar-refractivity contribution in [1.29, 1.82) is 0 Å².